The third-order valence-electron chi connectivity index (χ3n) is 7.13. The number of likely N-dealkylation sites (tertiary alicyclic amines) is 1. The number of carbonyl (C=O) groups is 3. The molecule has 0 spiro atoms. The highest BCUT2D eigenvalue weighted by atomic mass is 79.9. The summed E-state index contributed by atoms with van der Waals surface area (Å²) in [4.78, 5) is 46.0. The summed E-state index contributed by atoms with van der Waals surface area (Å²) in [5.74, 6) is -0.185. The molecule has 208 valence electrons. The standard InChI is InChI=1S/C29H40BrN3O5/c1-8-12-28(6,7)25(35)31-18-29-15-21(33(23(29)16-29)26(36)38-27(3,4)5)22(34)14-20-19(17-37-13-9-2)10-11-24(30)32-20/h8-11,21,23H,1-2,12-18H2,3-7H3,(H,31,35)/t21-,23+,29-/m0/s1. The van der Waals surface area contributed by atoms with Gasteiger partial charge in [-0.15, -0.1) is 13.2 Å². The van der Waals surface area contributed by atoms with Crippen molar-refractivity contribution >= 4 is 33.7 Å². The Balaban J connectivity index is 1.81. The molecule has 0 radical (unpaired) electrons. The van der Waals surface area contributed by atoms with Crippen LogP contribution in [0.3, 0.4) is 0 Å². The third-order valence-corrected chi connectivity index (χ3v) is 7.58. The quantitative estimate of drug-likeness (QED) is 0.206. The molecule has 1 saturated carbocycles. The van der Waals surface area contributed by atoms with Crippen LogP contribution in [0.2, 0.25) is 0 Å². The van der Waals surface area contributed by atoms with Gasteiger partial charge in [-0.3, -0.25) is 14.5 Å². The first-order chi connectivity index (χ1) is 17.7. The summed E-state index contributed by atoms with van der Waals surface area (Å²) in [6.45, 7) is 17.7. The minimum atomic E-state index is -0.699. The lowest BCUT2D eigenvalue weighted by molar-refractivity contribution is -0.129. The fourth-order valence-corrected chi connectivity index (χ4v) is 5.36. The number of hydrogen-bond donors (Lipinski definition) is 1. The number of nitrogens with zero attached hydrogens (tertiary/aromatic N) is 2. The number of pyridine rings is 1. The summed E-state index contributed by atoms with van der Waals surface area (Å²) >= 11 is 3.40. The van der Waals surface area contributed by atoms with Gasteiger partial charge in [0.25, 0.3) is 0 Å². The smallest absolute Gasteiger partial charge is 0.411 e. The van der Waals surface area contributed by atoms with E-state index in [2.05, 4.69) is 39.4 Å². The third kappa shape index (κ3) is 7.11. The van der Waals surface area contributed by atoms with Crippen LogP contribution in [0.4, 0.5) is 4.79 Å². The molecule has 3 rings (SSSR count). The number of Topliss-reactive ketones (excluding diaryl/α,β-unsaturated/α-hetero) is 1. The van der Waals surface area contributed by atoms with E-state index < -0.39 is 23.2 Å². The Bertz CT molecular complexity index is 1100. The summed E-state index contributed by atoms with van der Waals surface area (Å²) < 4.78 is 11.9. The number of fused-ring (bicyclic) bond motifs is 1. The Kier molecular flexibility index (Phi) is 9.24. The lowest BCUT2D eigenvalue weighted by Gasteiger charge is -2.30. The van der Waals surface area contributed by atoms with Crippen LogP contribution >= 0.6 is 15.9 Å². The van der Waals surface area contributed by atoms with Crippen LogP contribution < -0.4 is 5.32 Å². The molecule has 9 heteroatoms. The van der Waals surface area contributed by atoms with Crippen molar-refractivity contribution in [2.24, 2.45) is 10.8 Å². The number of ketones is 1. The van der Waals surface area contributed by atoms with Crippen molar-refractivity contribution in [2.75, 3.05) is 13.2 Å². The Morgan fingerprint density at radius 2 is 1.89 bits per heavy atom. The van der Waals surface area contributed by atoms with Crippen molar-refractivity contribution in [3.8, 4) is 0 Å². The maximum atomic E-state index is 13.7. The first-order valence-electron chi connectivity index (χ1n) is 13.0. The number of amides is 2. The molecule has 2 aliphatic rings. The summed E-state index contributed by atoms with van der Waals surface area (Å²) in [5.41, 5.74) is -0.223. The molecule has 1 aliphatic carbocycles. The molecule has 8 nitrogen and oxygen atoms in total. The number of aromatic nitrogens is 1. The van der Waals surface area contributed by atoms with Gasteiger partial charge in [0, 0.05) is 23.4 Å². The fourth-order valence-electron chi connectivity index (χ4n) is 5.01. The molecule has 2 heterocycles. The monoisotopic (exact) mass is 589 g/mol. The van der Waals surface area contributed by atoms with E-state index in [0.29, 0.717) is 49.3 Å². The fraction of sp³-hybridized carbons (Fsp3) is 0.586. The van der Waals surface area contributed by atoms with Gasteiger partial charge in [-0.1, -0.05) is 32.1 Å². The number of carbonyl (C=O) groups excluding carboxylic acids is 3. The largest absolute Gasteiger partial charge is 0.444 e. The highest BCUT2D eigenvalue weighted by Crippen LogP contribution is 2.59. The van der Waals surface area contributed by atoms with Gasteiger partial charge in [0.1, 0.15) is 10.2 Å². The van der Waals surface area contributed by atoms with Gasteiger partial charge in [0.05, 0.1) is 31.4 Å². The van der Waals surface area contributed by atoms with E-state index in [0.717, 1.165) is 5.56 Å². The average Bonchev–Trinajstić information content (AvgIpc) is 3.41. The van der Waals surface area contributed by atoms with Crippen molar-refractivity contribution in [2.45, 2.75) is 84.6 Å². The van der Waals surface area contributed by atoms with Gasteiger partial charge in [0.15, 0.2) is 5.78 Å². The Labute approximate surface area is 234 Å². The predicted molar refractivity (Wildman–Crippen MR) is 149 cm³/mol. The number of piperidine rings is 1. The minimum Gasteiger partial charge on any atom is -0.444 e. The summed E-state index contributed by atoms with van der Waals surface area (Å²) in [6.07, 6.45) is 4.69. The van der Waals surface area contributed by atoms with E-state index in [1.165, 1.54) is 0 Å². The van der Waals surface area contributed by atoms with Gasteiger partial charge in [-0.05, 0) is 67.6 Å². The number of allylic oxidation sites excluding steroid dienone is 1. The molecule has 2 fully saturated rings. The van der Waals surface area contributed by atoms with E-state index in [1.54, 1.807) is 37.8 Å². The zero-order valence-corrected chi connectivity index (χ0v) is 24.7. The van der Waals surface area contributed by atoms with Crippen molar-refractivity contribution in [3.05, 3.63) is 53.3 Å². The molecule has 1 aromatic heterocycles. The number of nitrogens with one attached hydrogen (secondary N) is 1. The second-order valence-electron chi connectivity index (χ2n) is 11.9. The second kappa shape index (κ2) is 11.7. The number of rotatable bonds is 12. The lowest BCUT2D eigenvalue weighted by Crippen LogP contribution is -2.46. The topological polar surface area (TPSA) is 97.8 Å². The van der Waals surface area contributed by atoms with Gasteiger partial charge >= 0.3 is 6.09 Å². The van der Waals surface area contributed by atoms with Crippen LogP contribution in [0.25, 0.3) is 0 Å². The van der Waals surface area contributed by atoms with Gasteiger partial charge in [0.2, 0.25) is 5.91 Å². The Morgan fingerprint density at radius 1 is 1.18 bits per heavy atom. The first-order valence-corrected chi connectivity index (χ1v) is 13.8. The molecule has 0 aromatic carbocycles. The maximum Gasteiger partial charge on any atom is 0.411 e. The summed E-state index contributed by atoms with van der Waals surface area (Å²) in [7, 11) is 0. The van der Waals surface area contributed by atoms with Crippen LogP contribution in [0.1, 0.15) is 65.1 Å². The highest BCUT2D eigenvalue weighted by Gasteiger charge is 2.67. The van der Waals surface area contributed by atoms with Crippen molar-refractivity contribution in [1.82, 2.24) is 15.2 Å². The molecule has 0 bridgehead atoms. The van der Waals surface area contributed by atoms with Gasteiger partial charge < -0.3 is 14.8 Å². The highest BCUT2D eigenvalue weighted by molar-refractivity contribution is 9.10. The molecule has 2 amide bonds. The van der Waals surface area contributed by atoms with E-state index >= 15 is 0 Å². The number of halogens is 1. The number of ether oxygens (including phenoxy) is 2. The van der Waals surface area contributed by atoms with Crippen LogP contribution in [0.15, 0.2) is 42.0 Å². The van der Waals surface area contributed by atoms with Gasteiger partial charge in [-0.25, -0.2) is 9.78 Å². The molecule has 38 heavy (non-hydrogen) atoms. The number of hydrogen-bond acceptors (Lipinski definition) is 6. The second-order valence-corrected chi connectivity index (χ2v) is 12.7. The summed E-state index contributed by atoms with van der Waals surface area (Å²) in [6, 6.07) is 2.86. The molecule has 1 aliphatic heterocycles. The van der Waals surface area contributed by atoms with Crippen molar-refractivity contribution in [1.29, 1.82) is 0 Å². The van der Waals surface area contributed by atoms with E-state index in [4.69, 9.17) is 9.47 Å². The minimum absolute atomic E-state index is 0.0533. The Hall–Kier alpha value is -2.52. The van der Waals surface area contributed by atoms with Crippen LogP contribution in [0, 0.1) is 10.8 Å². The summed E-state index contributed by atoms with van der Waals surface area (Å²) in [5, 5.41) is 3.07. The van der Waals surface area contributed by atoms with E-state index in [1.807, 2.05) is 26.0 Å². The van der Waals surface area contributed by atoms with Crippen molar-refractivity contribution in [3.63, 3.8) is 0 Å². The molecule has 1 N–H and O–H groups in total. The van der Waals surface area contributed by atoms with E-state index in [9.17, 15) is 14.4 Å². The zero-order valence-electron chi connectivity index (χ0n) is 23.1. The SMILES string of the molecule is C=CCOCc1ccc(Br)nc1CC(=O)[C@@H]1C[C@@]2(CNC(=O)C(C)(C)CC=C)C[C@H]2N1C(=O)OC(C)(C)C. The lowest BCUT2D eigenvalue weighted by atomic mass is 9.87. The van der Waals surface area contributed by atoms with E-state index in [-0.39, 0.29) is 29.6 Å². The molecular formula is C29H40BrN3O5. The van der Waals surface area contributed by atoms with Crippen LogP contribution in [0.5, 0.6) is 0 Å². The molecule has 1 aromatic rings. The maximum absolute atomic E-state index is 13.7. The Morgan fingerprint density at radius 3 is 2.53 bits per heavy atom. The first kappa shape index (κ1) is 30.0. The van der Waals surface area contributed by atoms with Crippen LogP contribution in [-0.2, 0) is 32.1 Å². The predicted octanol–water partition coefficient (Wildman–Crippen LogP) is 5.14. The zero-order chi connectivity index (χ0) is 28.3. The molecule has 1 saturated heterocycles. The van der Waals surface area contributed by atoms with Crippen LogP contribution in [-0.4, -0.2) is 58.5 Å². The van der Waals surface area contributed by atoms with Crippen molar-refractivity contribution < 1.29 is 23.9 Å². The molecule has 3 atom stereocenters. The van der Waals surface area contributed by atoms with Gasteiger partial charge in [-0.2, -0.15) is 0 Å². The molecular weight excluding hydrogens is 550 g/mol. The molecule has 0 unspecified atom stereocenters. The average molecular weight is 591 g/mol. The normalized spacial score (nSPS) is 22.4.